The number of nitrogens with two attached hydrogens (primary N) is 1. The molecular formula is C13H18N2O3S. The quantitative estimate of drug-likeness (QED) is 0.834. The number of hydrogen-bond acceptors (Lipinski definition) is 3. The number of benzene rings is 1. The standard InChI is InChI=1S/C13H18N2O3S/c1-13(2,3)9-4-6-10(7-5-9)19(17,18)15-8-11(15)12(14)16/h4-7,11H,8H2,1-3H3,(H2,14,16). The van der Waals surface area contributed by atoms with Crippen molar-refractivity contribution in [2.24, 2.45) is 5.73 Å². The van der Waals surface area contributed by atoms with Gasteiger partial charge >= 0.3 is 0 Å². The Labute approximate surface area is 113 Å². The zero-order valence-electron chi connectivity index (χ0n) is 11.3. The van der Waals surface area contributed by atoms with Gasteiger partial charge in [-0.05, 0) is 23.1 Å². The second kappa shape index (κ2) is 4.31. The second-order valence-corrected chi connectivity index (χ2v) is 7.66. The molecule has 1 aromatic carbocycles. The molecule has 6 heteroatoms. The molecule has 1 heterocycles. The van der Waals surface area contributed by atoms with E-state index in [0.29, 0.717) is 0 Å². The topological polar surface area (TPSA) is 80.2 Å². The van der Waals surface area contributed by atoms with Crippen LogP contribution in [0.1, 0.15) is 26.3 Å². The fourth-order valence-electron chi connectivity index (χ4n) is 1.88. The molecule has 104 valence electrons. The van der Waals surface area contributed by atoms with Gasteiger partial charge in [-0.3, -0.25) is 4.79 Å². The van der Waals surface area contributed by atoms with Crippen molar-refractivity contribution in [3.63, 3.8) is 0 Å². The van der Waals surface area contributed by atoms with E-state index in [4.69, 9.17) is 5.73 Å². The lowest BCUT2D eigenvalue weighted by atomic mass is 9.87. The highest BCUT2D eigenvalue weighted by atomic mass is 32.2. The maximum absolute atomic E-state index is 12.2. The van der Waals surface area contributed by atoms with Crippen LogP contribution in [0.4, 0.5) is 0 Å². The molecule has 1 fully saturated rings. The number of primary amides is 1. The molecular weight excluding hydrogens is 264 g/mol. The molecule has 19 heavy (non-hydrogen) atoms. The number of amides is 1. The van der Waals surface area contributed by atoms with Crippen molar-refractivity contribution in [3.8, 4) is 0 Å². The van der Waals surface area contributed by atoms with Gasteiger partial charge in [0.25, 0.3) is 0 Å². The first-order valence-corrected chi connectivity index (χ1v) is 7.50. The van der Waals surface area contributed by atoms with Gasteiger partial charge in [0, 0.05) is 6.54 Å². The van der Waals surface area contributed by atoms with Gasteiger partial charge in [-0.1, -0.05) is 32.9 Å². The molecule has 2 rings (SSSR count). The summed E-state index contributed by atoms with van der Waals surface area (Å²) < 4.78 is 25.5. The molecule has 2 atom stereocenters. The van der Waals surface area contributed by atoms with E-state index < -0.39 is 22.0 Å². The molecule has 0 bridgehead atoms. The van der Waals surface area contributed by atoms with E-state index in [0.717, 1.165) is 9.87 Å². The van der Waals surface area contributed by atoms with Crippen LogP contribution in [0.5, 0.6) is 0 Å². The molecule has 2 N–H and O–H groups in total. The molecule has 0 radical (unpaired) electrons. The van der Waals surface area contributed by atoms with E-state index in [1.807, 2.05) is 0 Å². The first kappa shape index (κ1) is 14.0. The molecule has 1 aromatic rings. The number of carbonyl (C=O) groups excluding carboxylic acids is 1. The summed E-state index contributed by atoms with van der Waals surface area (Å²) in [6, 6.07) is 6.07. The summed E-state index contributed by atoms with van der Waals surface area (Å²) in [4.78, 5) is 11.2. The minimum atomic E-state index is -3.59. The number of sulfonamides is 1. The highest BCUT2D eigenvalue weighted by Crippen LogP contribution is 2.29. The van der Waals surface area contributed by atoms with E-state index in [1.165, 1.54) is 0 Å². The van der Waals surface area contributed by atoms with Crippen molar-refractivity contribution in [2.75, 3.05) is 6.54 Å². The lowest BCUT2D eigenvalue weighted by Gasteiger charge is -2.19. The number of carbonyl (C=O) groups is 1. The molecule has 1 aliphatic heterocycles. The first-order chi connectivity index (χ1) is 8.64. The summed E-state index contributed by atoms with van der Waals surface area (Å²) in [6.45, 7) is 6.36. The van der Waals surface area contributed by atoms with Crippen molar-refractivity contribution >= 4 is 15.9 Å². The van der Waals surface area contributed by atoms with Gasteiger partial charge in [-0.25, -0.2) is 8.42 Å². The van der Waals surface area contributed by atoms with Gasteiger partial charge in [0.2, 0.25) is 15.9 Å². The SMILES string of the molecule is CC(C)(C)c1ccc(S(=O)(=O)N2CC2C(N)=O)cc1. The van der Waals surface area contributed by atoms with Gasteiger partial charge in [-0.2, -0.15) is 4.31 Å². The van der Waals surface area contributed by atoms with E-state index in [2.05, 4.69) is 20.8 Å². The zero-order chi connectivity index (χ0) is 14.4. The van der Waals surface area contributed by atoms with Crippen LogP contribution < -0.4 is 5.73 Å². The molecule has 5 nitrogen and oxygen atoms in total. The lowest BCUT2D eigenvalue weighted by Crippen LogP contribution is -2.25. The fourth-order valence-corrected chi connectivity index (χ4v) is 3.41. The Morgan fingerprint density at radius 1 is 1.26 bits per heavy atom. The summed E-state index contributed by atoms with van der Waals surface area (Å²) in [7, 11) is -3.59. The Balaban J connectivity index is 2.26. The van der Waals surface area contributed by atoms with E-state index in [-0.39, 0.29) is 16.9 Å². The summed E-state index contributed by atoms with van der Waals surface area (Å²) in [6.07, 6.45) is 0. The average Bonchev–Trinajstić information content (AvgIpc) is 3.08. The Hall–Kier alpha value is -1.40. The molecule has 0 saturated carbocycles. The molecule has 1 saturated heterocycles. The van der Waals surface area contributed by atoms with E-state index in [1.54, 1.807) is 24.3 Å². The maximum Gasteiger partial charge on any atom is 0.243 e. The Morgan fingerprint density at radius 3 is 2.16 bits per heavy atom. The second-order valence-electron chi connectivity index (χ2n) is 5.77. The summed E-state index contributed by atoms with van der Waals surface area (Å²) in [5, 5.41) is 0. The predicted molar refractivity (Wildman–Crippen MR) is 72.0 cm³/mol. The van der Waals surface area contributed by atoms with Gasteiger partial charge in [-0.15, -0.1) is 0 Å². The van der Waals surface area contributed by atoms with Crippen LogP contribution in [0.2, 0.25) is 0 Å². The molecule has 0 spiro atoms. The van der Waals surface area contributed by atoms with Crippen molar-refractivity contribution in [1.82, 2.24) is 4.31 Å². The van der Waals surface area contributed by atoms with Gasteiger partial charge in [0.15, 0.2) is 0 Å². The third-order valence-corrected chi connectivity index (χ3v) is 5.11. The zero-order valence-corrected chi connectivity index (χ0v) is 12.1. The van der Waals surface area contributed by atoms with E-state index in [9.17, 15) is 13.2 Å². The van der Waals surface area contributed by atoms with Crippen molar-refractivity contribution in [2.45, 2.75) is 37.1 Å². The summed E-state index contributed by atoms with van der Waals surface area (Å²) in [5.74, 6) is -0.602. The third-order valence-electron chi connectivity index (χ3n) is 3.22. The van der Waals surface area contributed by atoms with E-state index >= 15 is 0 Å². The fraction of sp³-hybridized carbons (Fsp3) is 0.462. The monoisotopic (exact) mass is 282 g/mol. The van der Waals surface area contributed by atoms with Crippen molar-refractivity contribution in [3.05, 3.63) is 29.8 Å². The molecule has 2 unspecified atom stereocenters. The smallest absolute Gasteiger partial charge is 0.243 e. The van der Waals surface area contributed by atoms with Crippen molar-refractivity contribution < 1.29 is 13.2 Å². The number of nitrogens with zero attached hydrogens (tertiary/aromatic N) is 1. The van der Waals surface area contributed by atoms with Crippen LogP contribution in [0.3, 0.4) is 0 Å². The summed E-state index contributed by atoms with van der Waals surface area (Å²) >= 11 is 0. The largest absolute Gasteiger partial charge is 0.368 e. The highest BCUT2D eigenvalue weighted by Gasteiger charge is 2.48. The predicted octanol–water partition coefficient (Wildman–Crippen LogP) is 0.842. The van der Waals surface area contributed by atoms with Crippen molar-refractivity contribution in [1.29, 1.82) is 0 Å². The Kier molecular flexibility index (Phi) is 3.18. The number of rotatable bonds is 3. The van der Waals surface area contributed by atoms with Crippen LogP contribution in [0.15, 0.2) is 29.2 Å². The molecule has 1 aliphatic rings. The maximum atomic E-state index is 12.2. The Bertz CT molecular complexity index is 600. The van der Waals surface area contributed by atoms with Crippen LogP contribution in [-0.4, -0.2) is 31.2 Å². The van der Waals surface area contributed by atoms with Crippen LogP contribution in [0.25, 0.3) is 0 Å². The minimum Gasteiger partial charge on any atom is -0.368 e. The van der Waals surface area contributed by atoms with Gasteiger partial charge < -0.3 is 5.73 Å². The average molecular weight is 282 g/mol. The minimum absolute atomic E-state index is 0.0298. The van der Waals surface area contributed by atoms with Gasteiger partial charge in [0.05, 0.1) is 4.90 Å². The lowest BCUT2D eigenvalue weighted by molar-refractivity contribution is -0.117. The molecule has 0 aromatic heterocycles. The molecule has 0 aliphatic carbocycles. The van der Waals surface area contributed by atoms with Gasteiger partial charge in [0.1, 0.15) is 6.04 Å². The molecule has 1 amide bonds. The summed E-state index contributed by atoms with van der Waals surface area (Å²) in [5.41, 5.74) is 6.13. The van der Waals surface area contributed by atoms with Crippen LogP contribution in [0, 0.1) is 0 Å². The normalized spacial score (nSPS) is 23.1. The van der Waals surface area contributed by atoms with Crippen LogP contribution >= 0.6 is 0 Å². The highest BCUT2D eigenvalue weighted by molar-refractivity contribution is 7.89. The number of hydrogen-bond donors (Lipinski definition) is 1. The van der Waals surface area contributed by atoms with Crippen LogP contribution in [-0.2, 0) is 20.2 Å². The third kappa shape index (κ3) is 2.64. The Morgan fingerprint density at radius 2 is 1.79 bits per heavy atom. The first-order valence-electron chi connectivity index (χ1n) is 6.06.